The third kappa shape index (κ3) is 1.13. The molecule has 0 unspecified atom stereocenters. The van der Waals surface area contributed by atoms with Crippen molar-refractivity contribution in [1.29, 1.82) is 0 Å². The second kappa shape index (κ2) is 2.23. The molecule has 0 aliphatic rings. The number of furan rings is 1. The summed E-state index contributed by atoms with van der Waals surface area (Å²) >= 11 is 0. The predicted molar refractivity (Wildman–Crippen MR) is 36.0 cm³/mol. The van der Waals surface area contributed by atoms with Gasteiger partial charge in [-0.2, -0.15) is 0 Å². The topological polar surface area (TPSA) is 39.2 Å². The fourth-order valence-electron chi connectivity index (χ4n) is 0.867. The third-order valence-corrected chi connectivity index (χ3v) is 1.39. The summed E-state index contributed by atoms with van der Waals surface area (Å²) in [4.78, 5) is 0. The fourth-order valence-corrected chi connectivity index (χ4v) is 0.867. The van der Waals surface area contributed by atoms with Gasteiger partial charge in [0, 0.05) is 11.6 Å². The number of aryl methyl sites for hydroxylation is 1. The first-order valence-corrected chi connectivity index (χ1v) is 3.01. The van der Waals surface area contributed by atoms with Crippen molar-refractivity contribution >= 4 is 0 Å². The highest BCUT2D eigenvalue weighted by Gasteiger charge is 2.03. The van der Waals surface area contributed by atoms with Gasteiger partial charge in [0.1, 0.15) is 5.76 Å². The average Bonchev–Trinajstić information content (AvgIpc) is 2.13. The van der Waals surface area contributed by atoms with E-state index >= 15 is 0 Å². The van der Waals surface area contributed by atoms with Crippen LogP contribution in [0.1, 0.15) is 24.3 Å². The molecule has 0 amide bonds. The van der Waals surface area contributed by atoms with Crippen molar-refractivity contribution in [3.63, 3.8) is 0 Å². The number of rotatable bonds is 1. The van der Waals surface area contributed by atoms with Crippen LogP contribution in [0.5, 0.6) is 0 Å². The molecule has 0 aliphatic carbocycles. The quantitative estimate of drug-likeness (QED) is 0.619. The molecule has 2 nitrogen and oxygen atoms in total. The molecule has 2 heteroatoms. The minimum absolute atomic E-state index is 0.0868. The van der Waals surface area contributed by atoms with E-state index in [2.05, 4.69) is 0 Å². The van der Waals surface area contributed by atoms with Crippen LogP contribution in [0.2, 0.25) is 0 Å². The molecule has 1 rings (SSSR count). The van der Waals surface area contributed by atoms with Gasteiger partial charge in [-0.25, -0.2) is 0 Å². The lowest BCUT2D eigenvalue weighted by Crippen LogP contribution is -2.04. The van der Waals surface area contributed by atoms with E-state index in [0.29, 0.717) is 0 Å². The van der Waals surface area contributed by atoms with Gasteiger partial charge in [0.05, 0.1) is 6.26 Å². The Morgan fingerprint density at radius 1 is 1.67 bits per heavy atom. The molecule has 50 valence electrons. The first-order chi connectivity index (χ1) is 4.22. The molecule has 1 atom stereocenters. The smallest absolute Gasteiger partial charge is 0.105 e. The first-order valence-electron chi connectivity index (χ1n) is 3.01. The second-order valence-corrected chi connectivity index (χ2v) is 2.22. The summed E-state index contributed by atoms with van der Waals surface area (Å²) in [5.41, 5.74) is 6.69. The molecule has 1 aromatic rings. The van der Waals surface area contributed by atoms with Crippen LogP contribution < -0.4 is 5.73 Å². The minimum Gasteiger partial charge on any atom is -0.469 e. The molecule has 1 heterocycles. The van der Waals surface area contributed by atoms with Gasteiger partial charge in [-0.15, -0.1) is 0 Å². The molecule has 0 aliphatic heterocycles. The summed E-state index contributed by atoms with van der Waals surface area (Å²) in [6.45, 7) is 3.86. The number of hydrogen-bond acceptors (Lipinski definition) is 2. The van der Waals surface area contributed by atoms with E-state index in [9.17, 15) is 0 Å². The molecule has 0 fully saturated rings. The maximum Gasteiger partial charge on any atom is 0.105 e. The van der Waals surface area contributed by atoms with Crippen LogP contribution in [-0.2, 0) is 0 Å². The molecule has 2 N–H and O–H groups in total. The van der Waals surface area contributed by atoms with Crippen molar-refractivity contribution in [2.45, 2.75) is 19.9 Å². The van der Waals surface area contributed by atoms with Gasteiger partial charge in [-0.3, -0.25) is 0 Å². The van der Waals surface area contributed by atoms with Crippen molar-refractivity contribution in [2.24, 2.45) is 5.73 Å². The highest BCUT2D eigenvalue weighted by Crippen LogP contribution is 2.14. The van der Waals surface area contributed by atoms with Crippen LogP contribution >= 0.6 is 0 Å². The van der Waals surface area contributed by atoms with E-state index in [1.54, 1.807) is 6.26 Å². The lowest BCUT2D eigenvalue weighted by molar-refractivity contribution is 0.526. The molecule has 9 heavy (non-hydrogen) atoms. The molecule has 0 saturated heterocycles. The Morgan fingerprint density at radius 2 is 2.33 bits per heavy atom. The molecular formula is C7H11NO. The summed E-state index contributed by atoms with van der Waals surface area (Å²) in [7, 11) is 0. The zero-order valence-electron chi connectivity index (χ0n) is 5.72. The molecular weight excluding hydrogens is 114 g/mol. The minimum atomic E-state index is 0.0868. The van der Waals surface area contributed by atoms with E-state index in [-0.39, 0.29) is 6.04 Å². The SMILES string of the molecule is Cc1occc1[C@H](C)N. The summed E-state index contributed by atoms with van der Waals surface area (Å²) in [5, 5.41) is 0. The molecule has 0 radical (unpaired) electrons. The number of nitrogens with two attached hydrogens (primary N) is 1. The third-order valence-electron chi connectivity index (χ3n) is 1.39. The zero-order chi connectivity index (χ0) is 6.85. The Labute approximate surface area is 54.7 Å². The first kappa shape index (κ1) is 6.36. The monoisotopic (exact) mass is 125 g/mol. The maximum atomic E-state index is 5.60. The van der Waals surface area contributed by atoms with E-state index in [0.717, 1.165) is 11.3 Å². The van der Waals surface area contributed by atoms with Crippen LogP contribution in [0.4, 0.5) is 0 Å². The summed E-state index contributed by atoms with van der Waals surface area (Å²) in [5.74, 6) is 0.921. The van der Waals surface area contributed by atoms with Crippen LogP contribution in [-0.4, -0.2) is 0 Å². The largest absolute Gasteiger partial charge is 0.469 e. The zero-order valence-corrected chi connectivity index (χ0v) is 5.72. The lowest BCUT2D eigenvalue weighted by atomic mass is 10.1. The second-order valence-electron chi connectivity index (χ2n) is 2.22. The van der Waals surface area contributed by atoms with Gasteiger partial charge in [-0.05, 0) is 19.9 Å². The van der Waals surface area contributed by atoms with Crippen LogP contribution in [0.3, 0.4) is 0 Å². The highest BCUT2D eigenvalue weighted by molar-refractivity contribution is 5.18. The molecule has 0 bridgehead atoms. The van der Waals surface area contributed by atoms with Crippen LogP contribution in [0.15, 0.2) is 16.7 Å². The van der Waals surface area contributed by atoms with Crippen LogP contribution in [0, 0.1) is 6.92 Å². The van der Waals surface area contributed by atoms with Crippen molar-refractivity contribution in [2.75, 3.05) is 0 Å². The lowest BCUT2D eigenvalue weighted by Gasteiger charge is -1.99. The van der Waals surface area contributed by atoms with Gasteiger partial charge < -0.3 is 10.2 Å². The van der Waals surface area contributed by atoms with Crippen molar-refractivity contribution in [3.8, 4) is 0 Å². The Bertz CT molecular complexity index is 191. The summed E-state index contributed by atoms with van der Waals surface area (Å²) in [6, 6.07) is 1.99. The van der Waals surface area contributed by atoms with Crippen LogP contribution in [0.25, 0.3) is 0 Å². The number of hydrogen-bond donors (Lipinski definition) is 1. The predicted octanol–water partition coefficient (Wildman–Crippen LogP) is 1.61. The van der Waals surface area contributed by atoms with Crippen molar-refractivity contribution < 1.29 is 4.42 Å². The Kier molecular flexibility index (Phi) is 1.58. The Balaban J connectivity index is 2.94. The fraction of sp³-hybridized carbons (Fsp3) is 0.429. The highest BCUT2D eigenvalue weighted by atomic mass is 16.3. The van der Waals surface area contributed by atoms with E-state index in [1.807, 2.05) is 19.9 Å². The normalized spacial score (nSPS) is 13.7. The summed E-state index contributed by atoms with van der Waals surface area (Å²) in [6.07, 6.45) is 1.66. The van der Waals surface area contributed by atoms with Gasteiger partial charge in [-0.1, -0.05) is 0 Å². The summed E-state index contributed by atoms with van der Waals surface area (Å²) < 4.78 is 5.05. The van der Waals surface area contributed by atoms with E-state index < -0.39 is 0 Å². The standard InChI is InChI=1S/C7H11NO/c1-5(8)7-3-4-9-6(7)2/h3-5H,8H2,1-2H3/t5-/m0/s1. The molecule has 1 aromatic heterocycles. The van der Waals surface area contributed by atoms with Gasteiger partial charge in [0.2, 0.25) is 0 Å². The van der Waals surface area contributed by atoms with E-state index in [4.69, 9.17) is 10.2 Å². The molecule has 0 spiro atoms. The average molecular weight is 125 g/mol. The van der Waals surface area contributed by atoms with E-state index in [1.165, 1.54) is 0 Å². The van der Waals surface area contributed by atoms with Gasteiger partial charge in [0.15, 0.2) is 0 Å². The van der Waals surface area contributed by atoms with Gasteiger partial charge >= 0.3 is 0 Å². The maximum absolute atomic E-state index is 5.60. The van der Waals surface area contributed by atoms with Crippen molar-refractivity contribution in [3.05, 3.63) is 23.7 Å². The molecule has 0 aromatic carbocycles. The van der Waals surface area contributed by atoms with Crippen molar-refractivity contribution in [1.82, 2.24) is 0 Å². The Morgan fingerprint density at radius 3 is 2.56 bits per heavy atom. The Hall–Kier alpha value is -0.760. The molecule has 0 saturated carbocycles. The van der Waals surface area contributed by atoms with Gasteiger partial charge in [0.25, 0.3) is 0 Å².